The van der Waals surface area contributed by atoms with Gasteiger partial charge in [0.25, 0.3) is 5.91 Å². The predicted molar refractivity (Wildman–Crippen MR) is 97.8 cm³/mol. The molecule has 0 bridgehead atoms. The van der Waals surface area contributed by atoms with Crippen molar-refractivity contribution >= 4 is 11.9 Å². The number of ether oxygens (including phenoxy) is 2. The fraction of sp³-hybridized carbons (Fsp3) is 0.333. The van der Waals surface area contributed by atoms with E-state index >= 15 is 0 Å². The van der Waals surface area contributed by atoms with Crippen LogP contribution in [0, 0.1) is 5.82 Å². The molecule has 2 aromatic rings. The van der Waals surface area contributed by atoms with Crippen LogP contribution in [0.1, 0.15) is 24.8 Å². The molecule has 27 heavy (non-hydrogen) atoms. The summed E-state index contributed by atoms with van der Waals surface area (Å²) < 4.78 is 23.8. The molecular weight excluding hydrogens is 349 g/mol. The summed E-state index contributed by atoms with van der Waals surface area (Å²) in [6.07, 6.45) is 2.18. The van der Waals surface area contributed by atoms with Crippen LogP contribution in [0.3, 0.4) is 0 Å². The second-order valence-electron chi connectivity index (χ2n) is 6.53. The van der Waals surface area contributed by atoms with E-state index in [2.05, 4.69) is 5.32 Å². The van der Waals surface area contributed by atoms with E-state index in [0.717, 1.165) is 17.7 Å². The van der Waals surface area contributed by atoms with Crippen molar-refractivity contribution < 1.29 is 23.5 Å². The Bertz CT molecular complexity index is 773. The Morgan fingerprint density at radius 2 is 1.74 bits per heavy atom. The molecule has 1 N–H and O–H groups in total. The number of rotatable bonds is 8. The minimum absolute atomic E-state index is 0.314. The zero-order chi connectivity index (χ0) is 19.1. The first kappa shape index (κ1) is 18.9. The molecule has 0 aromatic heterocycles. The van der Waals surface area contributed by atoms with Gasteiger partial charge in [-0.3, -0.25) is 9.59 Å². The predicted octanol–water partition coefficient (Wildman–Crippen LogP) is 2.99. The Balaban J connectivity index is 1.42. The van der Waals surface area contributed by atoms with E-state index in [1.54, 1.807) is 12.1 Å². The van der Waals surface area contributed by atoms with Gasteiger partial charge < -0.3 is 14.8 Å². The molecule has 2 aromatic carbocycles. The van der Waals surface area contributed by atoms with Gasteiger partial charge in [-0.15, -0.1) is 0 Å². The summed E-state index contributed by atoms with van der Waals surface area (Å²) in [5.41, 5.74) is -0.0264. The molecule has 5 nitrogen and oxygen atoms in total. The second-order valence-corrected chi connectivity index (χ2v) is 6.53. The summed E-state index contributed by atoms with van der Waals surface area (Å²) >= 11 is 0. The number of para-hydroxylation sites is 1. The van der Waals surface area contributed by atoms with Crippen LogP contribution in [0.4, 0.5) is 4.39 Å². The zero-order valence-corrected chi connectivity index (χ0v) is 14.9. The van der Waals surface area contributed by atoms with Gasteiger partial charge in [0.15, 0.2) is 6.61 Å². The van der Waals surface area contributed by atoms with Crippen molar-refractivity contribution in [3.63, 3.8) is 0 Å². The maximum Gasteiger partial charge on any atom is 0.317 e. The van der Waals surface area contributed by atoms with E-state index in [1.165, 1.54) is 12.1 Å². The van der Waals surface area contributed by atoms with Crippen LogP contribution in [0.25, 0.3) is 0 Å². The third-order valence-electron chi connectivity index (χ3n) is 4.77. The number of carbonyl (C=O) groups excluding carboxylic acids is 2. The third kappa shape index (κ3) is 4.64. The molecular formula is C21H22FNO4. The molecule has 0 radical (unpaired) electrons. The molecule has 1 fully saturated rings. The lowest BCUT2D eigenvalue weighted by Crippen LogP contribution is -2.45. The highest BCUT2D eigenvalue weighted by Gasteiger charge is 2.47. The largest absolute Gasteiger partial charge is 0.492 e. The van der Waals surface area contributed by atoms with Crippen molar-refractivity contribution in [1.82, 2.24) is 5.32 Å². The van der Waals surface area contributed by atoms with Gasteiger partial charge in [0, 0.05) is 0 Å². The highest BCUT2D eigenvalue weighted by molar-refractivity contribution is 5.87. The van der Waals surface area contributed by atoms with E-state index in [1.807, 2.05) is 30.3 Å². The number of carbonyl (C=O) groups is 2. The number of esters is 1. The van der Waals surface area contributed by atoms with Gasteiger partial charge in [0.2, 0.25) is 0 Å². The Kier molecular flexibility index (Phi) is 6.06. The molecule has 0 heterocycles. The maximum absolute atomic E-state index is 13.1. The minimum Gasteiger partial charge on any atom is -0.492 e. The second kappa shape index (κ2) is 8.66. The Morgan fingerprint density at radius 1 is 1.04 bits per heavy atom. The molecule has 0 aliphatic heterocycles. The molecule has 1 saturated carbocycles. The molecule has 3 rings (SSSR count). The summed E-state index contributed by atoms with van der Waals surface area (Å²) in [4.78, 5) is 24.4. The van der Waals surface area contributed by atoms with Gasteiger partial charge in [0.1, 0.15) is 18.2 Å². The van der Waals surface area contributed by atoms with E-state index in [4.69, 9.17) is 9.47 Å². The van der Waals surface area contributed by atoms with Crippen LogP contribution >= 0.6 is 0 Å². The average Bonchev–Trinajstić information content (AvgIpc) is 2.65. The van der Waals surface area contributed by atoms with Crippen LogP contribution in [-0.2, 0) is 19.7 Å². The van der Waals surface area contributed by atoms with Crippen molar-refractivity contribution in [2.75, 3.05) is 19.8 Å². The molecule has 0 saturated heterocycles. The number of hydrogen-bond donors (Lipinski definition) is 1. The summed E-state index contributed by atoms with van der Waals surface area (Å²) in [5, 5.41) is 2.65. The van der Waals surface area contributed by atoms with E-state index < -0.39 is 11.4 Å². The summed E-state index contributed by atoms with van der Waals surface area (Å²) in [7, 11) is 0. The van der Waals surface area contributed by atoms with Gasteiger partial charge >= 0.3 is 5.97 Å². The first-order valence-corrected chi connectivity index (χ1v) is 8.98. The van der Waals surface area contributed by atoms with Crippen molar-refractivity contribution in [1.29, 1.82) is 0 Å². The lowest BCUT2D eigenvalue weighted by Gasteiger charge is -2.39. The number of amides is 1. The van der Waals surface area contributed by atoms with E-state index in [9.17, 15) is 14.0 Å². The van der Waals surface area contributed by atoms with Gasteiger partial charge in [-0.05, 0) is 42.7 Å². The smallest absolute Gasteiger partial charge is 0.317 e. The van der Waals surface area contributed by atoms with Crippen LogP contribution in [0.5, 0.6) is 5.75 Å². The SMILES string of the molecule is O=C(COC(=O)C1(c2ccc(F)cc2)CCC1)NCCOc1ccccc1. The lowest BCUT2D eigenvalue weighted by atomic mass is 9.64. The third-order valence-corrected chi connectivity index (χ3v) is 4.77. The fourth-order valence-corrected chi connectivity index (χ4v) is 3.11. The quantitative estimate of drug-likeness (QED) is 0.572. The summed E-state index contributed by atoms with van der Waals surface area (Å²) in [6, 6.07) is 15.2. The number of halogens is 1. The van der Waals surface area contributed by atoms with Gasteiger partial charge in [-0.25, -0.2) is 4.39 Å². The maximum atomic E-state index is 13.1. The van der Waals surface area contributed by atoms with Crippen LogP contribution in [-0.4, -0.2) is 31.6 Å². The van der Waals surface area contributed by atoms with Gasteiger partial charge in [0.05, 0.1) is 12.0 Å². The van der Waals surface area contributed by atoms with Crippen LogP contribution in [0.15, 0.2) is 54.6 Å². The summed E-state index contributed by atoms with van der Waals surface area (Å²) in [6.45, 7) is 0.296. The van der Waals surface area contributed by atoms with Crippen LogP contribution < -0.4 is 10.1 Å². The van der Waals surface area contributed by atoms with E-state index in [-0.39, 0.29) is 18.3 Å². The average molecular weight is 371 g/mol. The first-order chi connectivity index (χ1) is 13.1. The number of hydrogen-bond acceptors (Lipinski definition) is 4. The van der Waals surface area contributed by atoms with Crippen molar-refractivity contribution in [2.24, 2.45) is 0 Å². The molecule has 1 aliphatic carbocycles. The normalized spacial score (nSPS) is 14.7. The molecule has 6 heteroatoms. The first-order valence-electron chi connectivity index (χ1n) is 8.98. The van der Waals surface area contributed by atoms with E-state index in [0.29, 0.717) is 26.0 Å². The Labute approximate surface area is 157 Å². The molecule has 1 aliphatic rings. The van der Waals surface area contributed by atoms with Gasteiger partial charge in [-0.1, -0.05) is 36.8 Å². The molecule has 1 amide bonds. The fourth-order valence-electron chi connectivity index (χ4n) is 3.11. The van der Waals surface area contributed by atoms with Gasteiger partial charge in [-0.2, -0.15) is 0 Å². The highest BCUT2D eigenvalue weighted by atomic mass is 19.1. The topological polar surface area (TPSA) is 64.6 Å². The Morgan fingerprint density at radius 3 is 2.37 bits per heavy atom. The molecule has 0 unspecified atom stereocenters. The summed E-state index contributed by atoms with van der Waals surface area (Å²) in [5.74, 6) is -0.437. The number of benzene rings is 2. The van der Waals surface area contributed by atoms with Crippen LogP contribution in [0.2, 0.25) is 0 Å². The lowest BCUT2D eigenvalue weighted by molar-refractivity contribution is -0.157. The minimum atomic E-state index is -0.760. The van der Waals surface area contributed by atoms with Crippen molar-refractivity contribution in [2.45, 2.75) is 24.7 Å². The molecule has 0 atom stereocenters. The molecule has 142 valence electrons. The Hall–Kier alpha value is -2.89. The van der Waals surface area contributed by atoms with Crippen molar-refractivity contribution in [3.05, 3.63) is 66.0 Å². The highest BCUT2D eigenvalue weighted by Crippen LogP contribution is 2.44. The number of nitrogens with one attached hydrogen (secondary N) is 1. The molecule has 0 spiro atoms. The standard InChI is InChI=1S/C21H22FNO4/c22-17-9-7-16(8-10-17)21(11-4-12-21)20(25)27-15-19(24)23-13-14-26-18-5-2-1-3-6-18/h1-3,5-10H,4,11-15H2,(H,23,24). The zero-order valence-electron chi connectivity index (χ0n) is 14.9. The van der Waals surface area contributed by atoms with Crippen molar-refractivity contribution in [3.8, 4) is 5.75 Å². The monoisotopic (exact) mass is 371 g/mol.